The largest absolute Gasteiger partial charge is 0.487 e. The third-order valence-electron chi connectivity index (χ3n) is 4.78. The van der Waals surface area contributed by atoms with Crippen LogP contribution in [0.15, 0.2) is 58.8 Å². The highest BCUT2D eigenvalue weighted by Crippen LogP contribution is 2.33. The highest BCUT2D eigenvalue weighted by atomic mass is 35.5. The third kappa shape index (κ3) is 3.62. The number of nitrogens with one attached hydrogen (secondary N) is 1. The molecule has 0 fully saturated rings. The van der Waals surface area contributed by atoms with Gasteiger partial charge in [0.15, 0.2) is 23.2 Å². The molecular weight excluding hydrogens is 422 g/mol. The molecule has 3 aliphatic heterocycles. The number of fused-ring (bicyclic) bond motifs is 2. The van der Waals surface area contributed by atoms with Crippen molar-refractivity contribution in [1.29, 1.82) is 5.41 Å². The van der Waals surface area contributed by atoms with Gasteiger partial charge in [-0.1, -0.05) is 23.7 Å². The van der Waals surface area contributed by atoms with Crippen molar-refractivity contribution in [3.05, 3.63) is 70.0 Å². The number of benzene rings is 2. The summed E-state index contributed by atoms with van der Waals surface area (Å²) >= 11 is 6.38. The fourth-order valence-electron chi connectivity index (χ4n) is 3.28. The molecule has 156 valence electrons. The molecular formula is C22H16ClN3O5. The molecule has 1 N–H and O–H groups in total. The Balaban J connectivity index is 1.32. The zero-order valence-electron chi connectivity index (χ0n) is 16.3. The molecule has 0 aromatic heterocycles. The maximum Gasteiger partial charge on any atom is 0.282 e. The first-order chi connectivity index (χ1) is 15.0. The number of hydroxylamine groups is 2. The smallest absolute Gasteiger partial charge is 0.282 e. The van der Waals surface area contributed by atoms with Crippen molar-refractivity contribution in [2.75, 3.05) is 6.79 Å². The fourth-order valence-corrected chi connectivity index (χ4v) is 3.53. The summed E-state index contributed by atoms with van der Waals surface area (Å²) in [6, 6.07) is 10.7. The molecule has 2 aromatic rings. The Morgan fingerprint density at radius 1 is 1.23 bits per heavy atom. The van der Waals surface area contributed by atoms with E-state index in [1.165, 1.54) is 5.06 Å². The molecule has 0 saturated carbocycles. The number of carbonyl (C=O) groups is 1. The Kier molecular flexibility index (Phi) is 4.63. The van der Waals surface area contributed by atoms with Crippen LogP contribution in [-0.4, -0.2) is 29.4 Å². The number of halogens is 1. The molecule has 3 aliphatic rings. The van der Waals surface area contributed by atoms with E-state index in [0.29, 0.717) is 46.0 Å². The summed E-state index contributed by atoms with van der Waals surface area (Å²) in [6.07, 6.45) is 3.15. The summed E-state index contributed by atoms with van der Waals surface area (Å²) < 4.78 is 16.5. The van der Waals surface area contributed by atoms with Gasteiger partial charge >= 0.3 is 0 Å². The lowest BCUT2D eigenvalue weighted by molar-refractivity contribution is -0.114. The van der Waals surface area contributed by atoms with Crippen LogP contribution in [0.4, 0.5) is 0 Å². The number of amidine groups is 2. The van der Waals surface area contributed by atoms with Gasteiger partial charge in [-0.05, 0) is 48.4 Å². The van der Waals surface area contributed by atoms with Crippen molar-refractivity contribution in [1.82, 2.24) is 5.06 Å². The zero-order valence-corrected chi connectivity index (χ0v) is 17.1. The van der Waals surface area contributed by atoms with Crippen LogP contribution in [0, 0.1) is 5.41 Å². The van der Waals surface area contributed by atoms with Gasteiger partial charge in [0.1, 0.15) is 18.1 Å². The predicted octanol–water partition coefficient (Wildman–Crippen LogP) is 4.10. The molecule has 0 bridgehead atoms. The second-order valence-corrected chi connectivity index (χ2v) is 7.40. The SMILES string of the molecule is CC1=CC2=NC(=O)/C(=C\c3ccc(OCc4ccc5c(c4)OCO5)c(Cl)c3)C(=N)N2O1. The Hall–Kier alpha value is -3.78. The summed E-state index contributed by atoms with van der Waals surface area (Å²) in [5.74, 6) is 2.16. The minimum atomic E-state index is -0.509. The van der Waals surface area contributed by atoms with E-state index in [2.05, 4.69) is 4.99 Å². The average Bonchev–Trinajstić information content (AvgIpc) is 3.36. The molecule has 1 amide bonds. The second-order valence-electron chi connectivity index (χ2n) is 6.99. The summed E-state index contributed by atoms with van der Waals surface area (Å²) in [6.45, 7) is 2.25. The zero-order chi connectivity index (χ0) is 21.5. The Morgan fingerprint density at radius 3 is 2.90 bits per heavy atom. The molecule has 31 heavy (non-hydrogen) atoms. The Bertz CT molecular complexity index is 1220. The number of ether oxygens (including phenoxy) is 3. The standard InChI is InChI=1S/C22H16ClN3O5/c1-12-6-20-25-22(27)15(21(24)26(20)31-12)7-13-2-4-17(16(23)8-13)28-10-14-3-5-18-19(9-14)30-11-29-18/h2-9,24H,10-11H2,1H3/b15-7-,24-21?. The lowest BCUT2D eigenvalue weighted by atomic mass is 10.1. The van der Waals surface area contributed by atoms with E-state index in [0.717, 1.165) is 5.56 Å². The molecule has 8 nitrogen and oxygen atoms in total. The van der Waals surface area contributed by atoms with Crippen molar-refractivity contribution in [3.63, 3.8) is 0 Å². The van der Waals surface area contributed by atoms with Gasteiger partial charge in [0.2, 0.25) is 6.79 Å². The lowest BCUT2D eigenvalue weighted by Crippen LogP contribution is -2.38. The van der Waals surface area contributed by atoms with E-state index in [9.17, 15) is 4.79 Å². The van der Waals surface area contributed by atoms with Crippen LogP contribution in [0.1, 0.15) is 18.1 Å². The first kappa shape index (κ1) is 19.2. The van der Waals surface area contributed by atoms with Gasteiger partial charge in [0.25, 0.3) is 5.91 Å². The molecule has 0 spiro atoms. The van der Waals surface area contributed by atoms with E-state index in [-0.39, 0.29) is 18.2 Å². The van der Waals surface area contributed by atoms with Crippen LogP contribution in [0.5, 0.6) is 17.2 Å². The van der Waals surface area contributed by atoms with Crippen molar-refractivity contribution in [3.8, 4) is 17.2 Å². The predicted molar refractivity (Wildman–Crippen MR) is 113 cm³/mol. The minimum Gasteiger partial charge on any atom is -0.487 e. The monoisotopic (exact) mass is 437 g/mol. The maximum atomic E-state index is 12.4. The van der Waals surface area contributed by atoms with Crippen molar-refractivity contribution >= 4 is 35.3 Å². The first-order valence-corrected chi connectivity index (χ1v) is 9.76. The van der Waals surface area contributed by atoms with E-state index in [1.54, 1.807) is 37.3 Å². The van der Waals surface area contributed by atoms with Gasteiger partial charge < -0.3 is 19.0 Å². The molecule has 0 radical (unpaired) electrons. The molecule has 5 rings (SSSR count). The number of hydrogen-bond donors (Lipinski definition) is 1. The lowest BCUT2D eigenvalue weighted by Gasteiger charge is -2.23. The van der Waals surface area contributed by atoms with E-state index < -0.39 is 5.91 Å². The van der Waals surface area contributed by atoms with Gasteiger partial charge in [-0.3, -0.25) is 10.2 Å². The normalized spacial score (nSPS) is 18.0. The topological polar surface area (TPSA) is 93.4 Å². The Morgan fingerprint density at radius 2 is 2.06 bits per heavy atom. The van der Waals surface area contributed by atoms with E-state index in [1.807, 2.05) is 18.2 Å². The number of allylic oxidation sites excluding steroid dienone is 1. The van der Waals surface area contributed by atoms with Crippen molar-refractivity contribution in [2.45, 2.75) is 13.5 Å². The van der Waals surface area contributed by atoms with Crippen LogP contribution in [0.25, 0.3) is 6.08 Å². The number of nitrogens with zero attached hydrogens (tertiary/aromatic N) is 2. The molecule has 9 heteroatoms. The van der Waals surface area contributed by atoms with Gasteiger partial charge in [0.05, 0.1) is 10.6 Å². The van der Waals surface area contributed by atoms with Gasteiger partial charge in [0, 0.05) is 6.08 Å². The average molecular weight is 438 g/mol. The van der Waals surface area contributed by atoms with E-state index in [4.69, 9.17) is 36.1 Å². The molecule has 0 atom stereocenters. The first-order valence-electron chi connectivity index (χ1n) is 9.39. The van der Waals surface area contributed by atoms with Crippen LogP contribution in [-0.2, 0) is 16.2 Å². The van der Waals surface area contributed by atoms with Gasteiger partial charge in [-0.2, -0.15) is 4.99 Å². The van der Waals surface area contributed by atoms with Crippen LogP contribution in [0.3, 0.4) is 0 Å². The highest BCUT2D eigenvalue weighted by Gasteiger charge is 2.34. The number of carbonyl (C=O) groups excluding carboxylic acids is 1. The summed E-state index contributed by atoms with van der Waals surface area (Å²) in [5, 5.41) is 9.87. The highest BCUT2D eigenvalue weighted by molar-refractivity contribution is 6.33. The van der Waals surface area contributed by atoms with Gasteiger partial charge in [-0.15, -0.1) is 5.06 Å². The fraction of sp³-hybridized carbons (Fsp3) is 0.136. The number of hydrogen-bond acceptors (Lipinski definition) is 6. The van der Waals surface area contributed by atoms with Crippen molar-refractivity contribution in [2.24, 2.45) is 4.99 Å². The van der Waals surface area contributed by atoms with Crippen molar-refractivity contribution < 1.29 is 23.8 Å². The molecule has 0 unspecified atom stereocenters. The summed E-state index contributed by atoms with van der Waals surface area (Å²) in [4.78, 5) is 21.8. The number of aliphatic imine (C=N–C) groups is 1. The van der Waals surface area contributed by atoms with E-state index >= 15 is 0 Å². The Labute approximate surface area is 182 Å². The number of amides is 1. The number of rotatable bonds is 4. The summed E-state index contributed by atoms with van der Waals surface area (Å²) in [7, 11) is 0. The third-order valence-corrected chi connectivity index (χ3v) is 5.07. The molecule has 2 aromatic carbocycles. The van der Waals surface area contributed by atoms with Crippen LogP contribution in [0.2, 0.25) is 5.02 Å². The molecule has 3 heterocycles. The van der Waals surface area contributed by atoms with Crippen LogP contribution < -0.4 is 14.2 Å². The molecule has 0 saturated heterocycles. The maximum absolute atomic E-state index is 12.4. The minimum absolute atomic E-state index is 0.0812. The molecule has 0 aliphatic carbocycles. The summed E-state index contributed by atoms with van der Waals surface area (Å²) in [5.41, 5.74) is 1.66. The van der Waals surface area contributed by atoms with Crippen LogP contribution >= 0.6 is 11.6 Å². The van der Waals surface area contributed by atoms with Gasteiger partial charge in [-0.25, -0.2) is 0 Å². The quantitative estimate of drug-likeness (QED) is 0.724. The second kappa shape index (κ2) is 7.48.